The van der Waals surface area contributed by atoms with E-state index >= 15 is 0 Å². The molecule has 0 amide bonds. The molecule has 1 aromatic heterocycles. The average molecular weight is 393 g/mol. The lowest BCUT2D eigenvalue weighted by Crippen LogP contribution is -2.17. The Labute approximate surface area is 151 Å². The summed E-state index contributed by atoms with van der Waals surface area (Å²) in [5.41, 5.74) is 0.0149. The van der Waals surface area contributed by atoms with Gasteiger partial charge in [0.2, 0.25) is 0 Å². The van der Waals surface area contributed by atoms with Crippen LogP contribution in [0, 0.1) is 10.1 Å². The summed E-state index contributed by atoms with van der Waals surface area (Å²) in [5.74, 6) is -0.367. The van der Waals surface area contributed by atoms with Gasteiger partial charge in [0, 0.05) is 23.5 Å². The lowest BCUT2D eigenvalue weighted by atomic mass is 10.1. The van der Waals surface area contributed by atoms with Gasteiger partial charge in [-0.2, -0.15) is 8.78 Å². The van der Waals surface area contributed by atoms with Gasteiger partial charge in [0.25, 0.3) is 5.69 Å². The Kier molecular flexibility index (Phi) is 6.51. The molecule has 0 saturated heterocycles. The molecule has 0 aliphatic heterocycles. The number of methoxy groups -OCH3 is 1. The third-order valence-electron chi connectivity index (χ3n) is 3.27. The van der Waals surface area contributed by atoms with E-state index in [4.69, 9.17) is 16.3 Å². The van der Waals surface area contributed by atoms with Gasteiger partial charge in [-0.25, -0.2) is 0 Å². The van der Waals surface area contributed by atoms with Crippen molar-refractivity contribution in [3.8, 4) is 11.5 Å². The molecule has 136 valence electrons. The standard InChI is InChI=1S/C15H15ClF2N2O4S/c1-19(8-10-3-4-14(16)25-10)7-9-5-12(23-2)13(24-15(17)18)6-11(9)20(21)22/h3-6,15H,7-8H2,1-2H3. The maximum absolute atomic E-state index is 12.5. The third-order valence-corrected chi connectivity index (χ3v) is 4.49. The Morgan fingerprint density at radius 1 is 1.32 bits per heavy atom. The molecule has 1 heterocycles. The molecular formula is C15H15ClF2N2O4S. The maximum Gasteiger partial charge on any atom is 0.387 e. The highest BCUT2D eigenvalue weighted by atomic mass is 35.5. The van der Waals surface area contributed by atoms with Crippen molar-refractivity contribution >= 4 is 28.6 Å². The van der Waals surface area contributed by atoms with Crippen LogP contribution < -0.4 is 9.47 Å². The third kappa shape index (κ3) is 5.25. The monoisotopic (exact) mass is 392 g/mol. The van der Waals surface area contributed by atoms with E-state index in [2.05, 4.69) is 4.74 Å². The summed E-state index contributed by atoms with van der Waals surface area (Å²) in [5, 5.41) is 11.3. The van der Waals surface area contributed by atoms with Crippen LogP contribution in [-0.4, -0.2) is 30.6 Å². The summed E-state index contributed by atoms with van der Waals surface area (Å²) in [6.45, 7) is -2.35. The van der Waals surface area contributed by atoms with Crippen molar-refractivity contribution in [2.75, 3.05) is 14.2 Å². The number of hydrogen-bond acceptors (Lipinski definition) is 6. The van der Waals surface area contributed by atoms with Crippen LogP contribution in [0.4, 0.5) is 14.5 Å². The summed E-state index contributed by atoms with van der Waals surface area (Å²) in [6, 6.07) is 5.94. The fourth-order valence-corrected chi connectivity index (χ4v) is 3.45. The van der Waals surface area contributed by atoms with Crippen molar-refractivity contribution in [1.82, 2.24) is 4.90 Å². The van der Waals surface area contributed by atoms with Crippen LogP contribution in [0.5, 0.6) is 11.5 Å². The molecule has 2 aromatic rings. The van der Waals surface area contributed by atoms with Crippen molar-refractivity contribution in [3.63, 3.8) is 0 Å². The largest absolute Gasteiger partial charge is 0.493 e. The predicted octanol–water partition coefficient (Wildman–Crippen LogP) is 4.55. The van der Waals surface area contributed by atoms with Crippen LogP contribution in [0.2, 0.25) is 4.34 Å². The summed E-state index contributed by atoms with van der Waals surface area (Å²) in [4.78, 5) is 13.5. The van der Waals surface area contributed by atoms with Gasteiger partial charge < -0.3 is 9.47 Å². The summed E-state index contributed by atoms with van der Waals surface area (Å²) in [7, 11) is 3.06. The summed E-state index contributed by atoms with van der Waals surface area (Å²) < 4.78 is 34.9. The quantitative estimate of drug-likeness (QED) is 0.487. The molecule has 0 aliphatic rings. The highest BCUT2D eigenvalue weighted by Crippen LogP contribution is 2.36. The predicted molar refractivity (Wildman–Crippen MR) is 90.8 cm³/mol. The smallest absolute Gasteiger partial charge is 0.387 e. The number of thiophene rings is 1. The molecule has 0 saturated carbocycles. The molecule has 6 nitrogen and oxygen atoms in total. The van der Waals surface area contributed by atoms with Gasteiger partial charge in [-0.15, -0.1) is 11.3 Å². The van der Waals surface area contributed by atoms with E-state index in [0.717, 1.165) is 10.9 Å². The molecule has 0 atom stereocenters. The van der Waals surface area contributed by atoms with Crippen LogP contribution in [0.15, 0.2) is 24.3 Å². The van der Waals surface area contributed by atoms with Gasteiger partial charge in [-0.1, -0.05) is 11.6 Å². The Morgan fingerprint density at radius 2 is 2.04 bits per heavy atom. The molecule has 10 heteroatoms. The van der Waals surface area contributed by atoms with Gasteiger partial charge in [-0.3, -0.25) is 15.0 Å². The van der Waals surface area contributed by atoms with Crippen molar-refractivity contribution in [1.29, 1.82) is 0 Å². The first kappa shape index (κ1) is 19.4. The molecule has 0 N–H and O–H groups in total. The molecule has 0 radical (unpaired) electrons. The van der Waals surface area contributed by atoms with Gasteiger partial charge in [0.05, 0.1) is 22.4 Å². The molecule has 0 spiro atoms. The molecule has 0 unspecified atom stereocenters. The highest BCUT2D eigenvalue weighted by Gasteiger charge is 2.22. The Bertz CT molecular complexity index is 757. The molecule has 0 bridgehead atoms. The van der Waals surface area contributed by atoms with E-state index in [9.17, 15) is 18.9 Å². The number of benzene rings is 1. The number of halogens is 3. The lowest BCUT2D eigenvalue weighted by Gasteiger charge is -2.17. The number of alkyl halides is 2. The fraction of sp³-hybridized carbons (Fsp3) is 0.333. The zero-order chi connectivity index (χ0) is 18.6. The number of nitro benzene ring substituents is 1. The first-order chi connectivity index (χ1) is 11.8. The fourth-order valence-electron chi connectivity index (χ4n) is 2.28. The Balaban J connectivity index is 2.26. The lowest BCUT2D eigenvalue weighted by molar-refractivity contribution is -0.385. The minimum atomic E-state index is -3.11. The molecule has 0 aliphatic carbocycles. The summed E-state index contributed by atoms with van der Waals surface area (Å²) >= 11 is 7.30. The number of hydrogen-bond donors (Lipinski definition) is 0. The topological polar surface area (TPSA) is 64.8 Å². The number of nitrogens with zero attached hydrogens (tertiary/aromatic N) is 2. The van der Waals surface area contributed by atoms with Gasteiger partial charge in [0.1, 0.15) is 0 Å². The van der Waals surface area contributed by atoms with E-state index in [0.29, 0.717) is 16.4 Å². The maximum atomic E-state index is 12.5. The second kappa shape index (κ2) is 8.41. The van der Waals surface area contributed by atoms with Gasteiger partial charge in [-0.05, 0) is 25.2 Å². The molecule has 25 heavy (non-hydrogen) atoms. The molecular weight excluding hydrogens is 378 g/mol. The second-order valence-electron chi connectivity index (χ2n) is 5.15. The molecule has 1 aromatic carbocycles. The van der Waals surface area contributed by atoms with Crippen molar-refractivity contribution < 1.29 is 23.2 Å². The van der Waals surface area contributed by atoms with E-state index in [1.54, 1.807) is 13.1 Å². The Hall–Kier alpha value is -1.97. The SMILES string of the molecule is COc1cc(CN(C)Cc2ccc(Cl)s2)c([N+](=O)[O-])cc1OC(F)F. The van der Waals surface area contributed by atoms with Crippen LogP contribution in [0.25, 0.3) is 0 Å². The first-order valence-corrected chi connectivity index (χ1v) is 8.22. The zero-order valence-electron chi connectivity index (χ0n) is 13.4. The van der Waals surface area contributed by atoms with Crippen LogP contribution in [0.1, 0.15) is 10.4 Å². The van der Waals surface area contributed by atoms with Crippen molar-refractivity contribution in [2.24, 2.45) is 0 Å². The summed E-state index contributed by atoms with van der Waals surface area (Å²) in [6.07, 6.45) is 0. The van der Waals surface area contributed by atoms with E-state index in [1.807, 2.05) is 11.0 Å². The van der Waals surface area contributed by atoms with Gasteiger partial charge >= 0.3 is 6.61 Å². The average Bonchev–Trinajstić information content (AvgIpc) is 2.92. The zero-order valence-corrected chi connectivity index (χ0v) is 14.9. The number of ether oxygens (including phenoxy) is 2. The second-order valence-corrected chi connectivity index (χ2v) is 6.95. The first-order valence-electron chi connectivity index (χ1n) is 7.03. The van der Waals surface area contributed by atoms with E-state index in [-0.39, 0.29) is 23.7 Å². The van der Waals surface area contributed by atoms with Crippen LogP contribution in [-0.2, 0) is 13.1 Å². The number of rotatable bonds is 8. The minimum absolute atomic E-state index is 0.00784. The van der Waals surface area contributed by atoms with Crippen molar-refractivity contribution in [2.45, 2.75) is 19.7 Å². The Morgan fingerprint density at radius 3 is 2.56 bits per heavy atom. The highest BCUT2D eigenvalue weighted by molar-refractivity contribution is 7.16. The minimum Gasteiger partial charge on any atom is -0.493 e. The van der Waals surface area contributed by atoms with E-state index in [1.165, 1.54) is 24.5 Å². The van der Waals surface area contributed by atoms with E-state index < -0.39 is 11.5 Å². The number of nitro groups is 1. The van der Waals surface area contributed by atoms with Crippen LogP contribution >= 0.6 is 22.9 Å². The molecule has 2 rings (SSSR count). The van der Waals surface area contributed by atoms with Crippen LogP contribution in [0.3, 0.4) is 0 Å². The molecule has 0 fully saturated rings. The van der Waals surface area contributed by atoms with Crippen molar-refractivity contribution in [3.05, 3.63) is 49.2 Å². The normalized spacial score (nSPS) is 11.2. The van der Waals surface area contributed by atoms with Gasteiger partial charge in [0.15, 0.2) is 11.5 Å².